The first kappa shape index (κ1) is 15.7. The molecule has 0 aliphatic heterocycles. The number of carbonyl (C=O) groups is 3. The van der Waals surface area contributed by atoms with Gasteiger partial charge in [0.25, 0.3) is 5.91 Å². The number of aliphatic carboxylic acids is 1. The van der Waals surface area contributed by atoms with Crippen molar-refractivity contribution in [3.63, 3.8) is 0 Å². The minimum absolute atomic E-state index is 0.0331. The Labute approximate surface area is 117 Å². The second-order valence-corrected chi connectivity index (χ2v) is 5.18. The van der Waals surface area contributed by atoms with Crippen molar-refractivity contribution in [1.82, 2.24) is 5.32 Å². The Morgan fingerprint density at radius 3 is 2.40 bits per heavy atom. The van der Waals surface area contributed by atoms with Gasteiger partial charge in [-0.2, -0.15) is 0 Å². The van der Waals surface area contributed by atoms with Crippen LogP contribution in [-0.4, -0.2) is 28.4 Å². The lowest BCUT2D eigenvalue weighted by Gasteiger charge is -2.25. The fourth-order valence-corrected chi connectivity index (χ4v) is 1.68. The summed E-state index contributed by atoms with van der Waals surface area (Å²) in [5.74, 6) is -1.89. The van der Waals surface area contributed by atoms with E-state index in [0.29, 0.717) is 12.0 Å². The first-order valence-electron chi connectivity index (χ1n) is 6.15. The van der Waals surface area contributed by atoms with E-state index in [1.807, 2.05) is 0 Å². The van der Waals surface area contributed by atoms with Crippen LogP contribution in [0, 0.1) is 0 Å². The van der Waals surface area contributed by atoms with Crippen molar-refractivity contribution in [2.75, 3.05) is 0 Å². The highest BCUT2D eigenvalue weighted by Crippen LogP contribution is 2.13. The van der Waals surface area contributed by atoms with Crippen molar-refractivity contribution in [2.45, 2.75) is 32.2 Å². The van der Waals surface area contributed by atoms with Crippen LogP contribution in [0.3, 0.4) is 0 Å². The van der Waals surface area contributed by atoms with Crippen molar-refractivity contribution in [3.05, 3.63) is 35.4 Å². The third-order valence-electron chi connectivity index (χ3n) is 2.83. The molecule has 0 aliphatic rings. The van der Waals surface area contributed by atoms with Crippen LogP contribution >= 0.6 is 0 Å². The summed E-state index contributed by atoms with van der Waals surface area (Å²) in [6, 6.07) is 6.06. The topological polar surface area (TPSA) is 109 Å². The summed E-state index contributed by atoms with van der Waals surface area (Å²) in [4.78, 5) is 33.7. The van der Waals surface area contributed by atoms with Crippen molar-refractivity contribution in [3.8, 4) is 0 Å². The molecule has 1 aromatic rings. The molecule has 0 unspecified atom stereocenters. The molecular formula is C14H18N2O4. The zero-order chi connectivity index (χ0) is 15.3. The second-order valence-electron chi connectivity index (χ2n) is 5.18. The number of nitrogens with one attached hydrogen (secondary N) is 1. The van der Waals surface area contributed by atoms with Crippen LogP contribution < -0.4 is 11.1 Å². The molecule has 20 heavy (non-hydrogen) atoms. The lowest BCUT2D eigenvalue weighted by molar-refractivity contribution is -0.137. The van der Waals surface area contributed by atoms with E-state index in [9.17, 15) is 14.4 Å². The Balaban J connectivity index is 2.77. The van der Waals surface area contributed by atoms with Gasteiger partial charge >= 0.3 is 5.97 Å². The summed E-state index contributed by atoms with van der Waals surface area (Å²) in [7, 11) is 0. The lowest BCUT2D eigenvalue weighted by Crippen LogP contribution is -2.43. The van der Waals surface area contributed by atoms with E-state index in [1.54, 1.807) is 26.0 Å². The molecule has 0 saturated heterocycles. The van der Waals surface area contributed by atoms with E-state index in [2.05, 4.69) is 5.32 Å². The van der Waals surface area contributed by atoms with Crippen LogP contribution in [0.25, 0.3) is 0 Å². The third-order valence-corrected chi connectivity index (χ3v) is 2.83. The Morgan fingerprint density at radius 1 is 1.25 bits per heavy atom. The number of benzene rings is 1. The molecule has 108 valence electrons. The SMILES string of the molecule is CC(C)(CCC(=O)O)NC(=O)c1cccc(C(N)=O)c1. The standard InChI is InChI=1S/C14H18N2O4/c1-14(2,7-6-11(17)18)16-13(20)10-5-3-4-9(8-10)12(15)19/h3-5,8H,6-7H2,1-2H3,(H2,15,19)(H,16,20)(H,17,18). The van der Waals surface area contributed by atoms with Gasteiger partial charge in [0.15, 0.2) is 0 Å². The molecule has 0 spiro atoms. The molecule has 0 aromatic heterocycles. The third kappa shape index (κ3) is 4.72. The zero-order valence-electron chi connectivity index (χ0n) is 11.5. The summed E-state index contributed by atoms with van der Waals surface area (Å²) < 4.78 is 0. The van der Waals surface area contributed by atoms with Crippen molar-refractivity contribution < 1.29 is 19.5 Å². The van der Waals surface area contributed by atoms with Gasteiger partial charge < -0.3 is 16.2 Å². The quantitative estimate of drug-likeness (QED) is 0.725. The van der Waals surface area contributed by atoms with Gasteiger partial charge in [-0.15, -0.1) is 0 Å². The summed E-state index contributed by atoms with van der Waals surface area (Å²) in [6.45, 7) is 3.48. The molecule has 0 saturated carbocycles. The van der Waals surface area contributed by atoms with Crippen LogP contribution in [0.15, 0.2) is 24.3 Å². The van der Waals surface area contributed by atoms with Crippen LogP contribution in [0.5, 0.6) is 0 Å². The predicted octanol–water partition coefficient (Wildman–Crippen LogP) is 1.16. The van der Waals surface area contributed by atoms with Gasteiger partial charge in [-0.05, 0) is 38.5 Å². The molecule has 0 heterocycles. The number of amides is 2. The van der Waals surface area contributed by atoms with E-state index < -0.39 is 17.4 Å². The van der Waals surface area contributed by atoms with Gasteiger partial charge in [0.05, 0.1) is 0 Å². The van der Waals surface area contributed by atoms with Gasteiger partial charge in [-0.1, -0.05) is 6.07 Å². The Morgan fingerprint density at radius 2 is 1.85 bits per heavy atom. The normalized spacial score (nSPS) is 10.9. The summed E-state index contributed by atoms with van der Waals surface area (Å²) in [5.41, 5.74) is 5.06. The molecule has 0 aliphatic carbocycles. The van der Waals surface area contributed by atoms with E-state index in [4.69, 9.17) is 10.8 Å². The molecule has 4 N–H and O–H groups in total. The van der Waals surface area contributed by atoms with Gasteiger partial charge in [0, 0.05) is 23.1 Å². The van der Waals surface area contributed by atoms with E-state index in [-0.39, 0.29) is 17.9 Å². The summed E-state index contributed by atoms with van der Waals surface area (Å²) in [5, 5.41) is 11.4. The lowest BCUT2D eigenvalue weighted by atomic mass is 9.97. The number of carbonyl (C=O) groups excluding carboxylic acids is 2. The molecular weight excluding hydrogens is 260 g/mol. The number of carboxylic acid groups (broad SMARTS) is 1. The van der Waals surface area contributed by atoms with Crippen molar-refractivity contribution in [1.29, 1.82) is 0 Å². The fraction of sp³-hybridized carbons (Fsp3) is 0.357. The highest BCUT2D eigenvalue weighted by Gasteiger charge is 2.22. The van der Waals surface area contributed by atoms with E-state index in [1.165, 1.54) is 12.1 Å². The Hall–Kier alpha value is -2.37. The van der Waals surface area contributed by atoms with Gasteiger partial charge in [0.2, 0.25) is 5.91 Å². The second kappa shape index (κ2) is 6.18. The molecule has 6 nitrogen and oxygen atoms in total. The van der Waals surface area contributed by atoms with E-state index in [0.717, 1.165) is 0 Å². The van der Waals surface area contributed by atoms with Crippen molar-refractivity contribution >= 4 is 17.8 Å². The number of hydrogen-bond acceptors (Lipinski definition) is 3. The maximum atomic E-state index is 12.1. The molecule has 0 radical (unpaired) electrons. The molecule has 1 aromatic carbocycles. The Kier molecular flexibility index (Phi) is 4.85. The number of rotatable bonds is 6. The van der Waals surface area contributed by atoms with Gasteiger partial charge in [0.1, 0.15) is 0 Å². The highest BCUT2D eigenvalue weighted by molar-refractivity contribution is 5.99. The maximum absolute atomic E-state index is 12.1. The first-order valence-corrected chi connectivity index (χ1v) is 6.15. The zero-order valence-corrected chi connectivity index (χ0v) is 11.5. The molecule has 1 rings (SSSR count). The number of hydrogen-bond donors (Lipinski definition) is 3. The highest BCUT2D eigenvalue weighted by atomic mass is 16.4. The number of carboxylic acids is 1. The molecule has 2 amide bonds. The minimum Gasteiger partial charge on any atom is -0.481 e. The molecule has 0 fully saturated rings. The van der Waals surface area contributed by atoms with Gasteiger partial charge in [-0.25, -0.2) is 0 Å². The van der Waals surface area contributed by atoms with Crippen LogP contribution in [0.2, 0.25) is 0 Å². The monoisotopic (exact) mass is 278 g/mol. The van der Waals surface area contributed by atoms with Crippen LogP contribution in [0.1, 0.15) is 47.4 Å². The van der Waals surface area contributed by atoms with Crippen LogP contribution in [0.4, 0.5) is 0 Å². The molecule has 0 atom stereocenters. The number of primary amides is 1. The maximum Gasteiger partial charge on any atom is 0.303 e. The van der Waals surface area contributed by atoms with Crippen molar-refractivity contribution in [2.24, 2.45) is 5.73 Å². The fourth-order valence-electron chi connectivity index (χ4n) is 1.68. The Bertz CT molecular complexity index is 538. The summed E-state index contributed by atoms with van der Waals surface area (Å²) >= 11 is 0. The van der Waals surface area contributed by atoms with E-state index >= 15 is 0 Å². The smallest absolute Gasteiger partial charge is 0.303 e. The molecule has 0 bridgehead atoms. The van der Waals surface area contributed by atoms with Crippen LogP contribution in [-0.2, 0) is 4.79 Å². The van der Waals surface area contributed by atoms with Gasteiger partial charge in [-0.3, -0.25) is 14.4 Å². The first-order chi connectivity index (χ1) is 9.21. The number of nitrogens with two attached hydrogens (primary N) is 1. The average molecular weight is 278 g/mol. The molecule has 6 heteroatoms. The average Bonchev–Trinajstić information content (AvgIpc) is 2.36. The largest absolute Gasteiger partial charge is 0.481 e. The minimum atomic E-state index is -0.914. The summed E-state index contributed by atoms with van der Waals surface area (Å²) in [6.07, 6.45) is 0.276. The predicted molar refractivity (Wildman–Crippen MR) is 73.4 cm³/mol.